The fourth-order valence-electron chi connectivity index (χ4n) is 3.02. The first-order valence-corrected chi connectivity index (χ1v) is 7.80. The van der Waals surface area contributed by atoms with Gasteiger partial charge in [0.1, 0.15) is 11.5 Å². The predicted molar refractivity (Wildman–Crippen MR) is 85.6 cm³/mol. The Kier molecular flexibility index (Phi) is 3.81. The fourth-order valence-corrected chi connectivity index (χ4v) is 3.02. The minimum absolute atomic E-state index is 0.0126. The van der Waals surface area contributed by atoms with Crippen molar-refractivity contribution in [3.63, 3.8) is 0 Å². The van der Waals surface area contributed by atoms with Crippen LogP contribution in [0.4, 0.5) is 4.39 Å². The third-order valence-electron chi connectivity index (χ3n) is 4.19. The first kappa shape index (κ1) is 14.4. The van der Waals surface area contributed by atoms with E-state index in [1.54, 1.807) is 12.1 Å². The summed E-state index contributed by atoms with van der Waals surface area (Å²) in [4.78, 5) is 6.98. The molecule has 1 saturated heterocycles. The summed E-state index contributed by atoms with van der Waals surface area (Å²) in [6, 6.07) is 12.6. The van der Waals surface area contributed by atoms with Gasteiger partial charge in [-0.3, -0.25) is 4.90 Å². The van der Waals surface area contributed by atoms with E-state index in [1.165, 1.54) is 12.1 Å². The lowest BCUT2D eigenvalue weighted by atomic mass is 10.1. The van der Waals surface area contributed by atoms with Gasteiger partial charge in [-0.2, -0.15) is 0 Å². The topological polar surface area (TPSA) is 29.8 Å². The van der Waals surface area contributed by atoms with Gasteiger partial charge < -0.3 is 9.14 Å². The highest BCUT2D eigenvalue weighted by molar-refractivity contribution is 5.39. The quantitative estimate of drug-likeness (QED) is 0.744. The summed E-state index contributed by atoms with van der Waals surface area (Å²) in [7, 11) is 0. The number of aromatic nitrogens is 2. The minimum atomic E-state index is -0.217. The van der Waals surface area contributed by atoms with Crippen LogP contribution in [0, 0.1) is 5.82 Å². The molecule has 1 unspecified atom stereocenters. The molecule has 1 aromatic carbocycles. The average molecular weight is 311 g/mol. The first-order valence-electron chi connectivity index (χ1n) is 7.80. The number of morpholine rings is 1. The van der Waals surface area contributed by atoms with Gasteiger partial charge in [0.25, 0.3) is 0 Å². The standard InChI is InChI=1S/C18H18FN3O/c19-15-6-4-14(5-7-15)17-13-21(9-10-23-17)11-16-12-22-8-2-1-3-18(22)20-16/h1-8,12,17H,9-11,13H2. The van der Waals surface area contributed by atoms with Crippen molar-refractivity contribution in [2.24, 2.45) is 0 Å². The van der Waals surface area contributed by atoms with Crippen molar-refractivity contribution < 1.29 is 9.13 Å². The lowest BCUT2D eigenvalue weighted by Crippen LogP contribution is -2.37. The van der Waals surface area contributed by atoms with Crippen molar-refractivity contribution in [1.82, 2.24) is 14.3 Å². The Morgan fingerprint density at radius 2 is 2.04 bits per heavy atom. The molecule has 0 spiro atoms. The molecule has 1 atom stereocenters. The van der Waals surface area contributed by atoms with Crippen LogP contribution in [-0.4, -0.2) is 34.0 Å². The fraction of sp³-hybridized carbons (Fsp3) is 0.278. The number of nitrogens with zero attached hydrogens (tertiary/aromatic N) is 3. The van der Waals surface area contributed by atoms with Gasteiger partial charge in [-0.1, -0.05) is 18.2 Å². The second-order valence-electron chi connectivity index (χ2n) is 5.84. The van der Waals surface area contributed by atoms with Gasteiger partial charge in [0.15, 0.2) is 0 Å². The molecule has 118 valence electrons. The Bertz CT molecular complexity index is 766. The molecular formula is C18H18FN3O. The molecule has 3 heterocycles. The zero-order valence-electron chi connectivity index (χ0n) is 12.7. The Balaban J connectivity index is 1.47. The highest BCUT2D eigenvalue weighted by Crippen LogP contribution is 2.23. The number of hydrogen-bond acceptors (Lipinski definition) is 3. The maximum absolute atomic E-state index is 13.1. The van der Waals surface area contributed by atoms with Crippen LogP contribution < -0.4 is 0 Å². The molecule has 0 saturated carbocycles. The molecule has 2 aromatic heterocycles. The van der Waals surface area contributed by atoms with Crippen LogP contribution in [0.15, 0.2) is 54.9 Å². The average Bonchev–Trinajstić information content (AvgIpc) is 2.98. The Morgan fingerprint density at radius 3 is 2.87 bits per heavy atom. The van der Waals surface area contributed by atoms with E-state index in [4.69, 9.17) is 4.74 Å². The normalized spacial score (nSPS) is 19.3. The molecule has 0 N–H and O–H groups in total. The van der Waals surface area contributed by atoms with Crippen LogP contribution in [0.3, 0.4) is 0 Å². The number of rotatable bonds is 3. The SMILES string of the molecule is Fc1ccc(C2CN(Cc3cn4ccccc4n3)CCO2)cc1. The smallest absolute Gasteiger partial charge is 0.137 e. The number of pyridine rings is 1. The highest BCUT2D eigenvalue weighted by Gasteiger charge is 2.22. The van der Waals surface area contributed by atoms with Crippen LogP contribution in [-0.2, 0) is 11.3 Å². The molecule has 1 fully saturated rings. The van der Waals surface area contributed by atoms with Gasteiger partial charge in [-0.25, -0.2) is 9.37 Å². The number of hydrogen-bond donors (Lipinski definition) is 0. The molecule has 23 heavy (non-hydrogen) atoms. The summed E-state index contributed by atoms with van der Waals surface area (Å²) in [5, 5.41) is 0. The van der Waals surface area contributed by atoms with Gasteiger partial charge in [0.2, 0.25) is 0 Å². The van der Waals surface area contributed by atoms with Crippen molar-refractivity contribution in [3.05, 3.63) is 71.9 Å². The molecule has 0 amide bonds. The van der Waals surface area contributed by atoms with Gasteiger partial charge >= 0.3 is 0 Å². The van der Waals surface area contributed by atoms with Gasteiger partial charge in [-0.05, 0) is 29.8 Å². The number of ether oxygens (including phenoxy) is 1. The molecule has 4 nitrogen and oxygen atoms in total. The number of benzene rings is 1. The van der Waals surface area contributed by atoms with Crippen LogP contribution in [0.2, 0.25) is 0 Å². The van der Waals surface area contributed by atoms with Crippen LogP contribution in [0.25, 0.3) is 5.65 Å². The zero-order valence-corrected chi connectivity index (χ0v) is 12.7. The van der Waals surface area contributed by atoms with Crippen LogP contribution >= 0.6 is 0 Å². The third kappa shape index (κ3) is 3.11. The van der Waals surface area contributed by atoms with E-state index in [0.717, 1.165) is 36.5 Å². The van der Waals surface area contributed by atoms with E-state index < -0.39 is 0 Å². The summed E-state index contributed by atoms with van der Waals surface area (Å²) in [5.41, 5.74) is 3.04. The molecule has 0 aliphatic carbocycles. The minimum Gasteiger partial charge on any atom is -0.371 e. The van der Waals surface area contributed by atoms with Gasteiger partial charge in [0.05, 0.1) is 18.4 Å². The molecule has 1 aliphatic heterocycles. The summed E-state index contributed by atoms with van der Waals surface area (Å²) in [6.07, 6.45) is 4.06. The van der Waals surface area contributed by atoms with E-state index >= 15 is 0 Å². The number of imidazole rings is 1. The molecule has 3 aromatic rings. The number of halogens is 1. The maximum Gasteiger partial charge on any atom is 0.137 e. The molecule has 1 aliphatic rings. The summed E-state index contributed by atoms with van der Waals surface area (Å²) >= 11 is 0. The largest absolute Gasteiger partial charge is 0.371 e. The van der Waals surface area contributed by atoms with E-state index in [2.05, 4.69) is 16.1 Å². The van der Waals surface area contributed by atoms with E-state index in [0.29, 0.717) is 6.61 Å². The van der Waals surface area contributed by atoms with Crippen molar-refractivity contribution in [3.8, 4) is 0 Å². The molecule has 5 heteroatoms. The zero-order chi connectivity index (χ0) is 15.6. The van der Waals surface area contributed by atoms with E-state index in [1.807, 2.05) is 28.8 Å². The summed E-state index contributed by atoms with van der Waals surface area (Å²) < 4.78 is 20.9. The molecule has 0 bridgehead atoms. The van der Waals surface area contributed by atoms with Crippen molar-refractivity contribution in [2.75, 3.05) is 19.7 Å². The Labute approximate surface area is 134 Å². The van der Waals surface area contributed by atoms with Gasteiger partial charge in [-0.15, -0.1) is 0 Å². The molecular weight excluding hydrogens is 293 g/mol. The van der Waals surface area contributed by atoms with E-state index in [-0.39, 0.29) is 11.9 Å². The second kappa shape index (κ2) is 6.10. The summed E-state index contributed by atoms with van der Waals surface area (Å²) in [5.74, 6) is -0.217. The lowest BCUT2D eigenvalue weighted by molar-refractivity contribution is -0.0332. The Morgan fingerprint density at radius 1 is 1.17 bits per heavy atom. The van der Waals surface area contributed by atoms with Gasteiger partial charge in [0, 0.05) is 32.0 Å². The van der Waals surface area contributed by atoms with E-state index in [9.17, 15) is 4.39 Å². The van der Waals surface area contributed by atoms with Crippen LogP contribution in [0.5, 0.6) is 0 Å². The van der Waals surface area contributed by atoms with Crippen LogP contribution in [0.1, 0.15) is 17.4 Å². The molecule has 0 radical (unpaired) electrons. The summed E-state index contributed by atoms with van der Waals surface area (Å²) in [6.45, 7) is 3.14. The predicted octanol–water partition coefficient (Wildman–Crippen LogP) is 3.05. The molecule has 4 rings (SSSR count). The lowest BCUT2D eigenvalue weighted by Gasteiger charge is -2.32. The Hall–Kier alpha value is -2.24. The van der Waals surface area contributed by atoms with Crippen molar-refractivity contribution in [1.29, 1.82) is 0 Å². The third-order valence-corrected chi connectivity index (χ3v) is 4.19. The first-order chi connectivity index (χ1) is 11.3. The number of fused-ring (bicyclic) bond motifs is 1. The maximum atomic E-state index is 13.1. The van der Waals surface area contributed by atoms with Crippen molar-refractivity contribution in [2.45, 2.75) is 12.6 Å². The monoisotopic (exact) mass is 311 g/mol. The second-order valence-corrected chi connectivity index (χ2v) is 5.84. The van der Waals surface area contributed by atoms with Crippen molar-refractivity contribution >= 4 is 5.65 Å². The highest BCUT2D eigenvalue weighted by atomic mass is 19.1.